The number of carbonyl (C=O) groups excluding carboxylic acids is 2. The van der Waals surface area contributed by atoms with Crippen molar-refractivity contribution in [2.75, 3.05) is 13.2 Å². The number of benzene rings is 2. The van der Waals surface area contributed by atoms with Gasteiger partial charge in [0.15, 0.2) is 18.3 Å². The molecule has 2 aromatic carbocycles. The largest absolute Gasteiger partial charge is 0.483 e. The average Bonchev–Trinajstić information content (AvgIpc) is 2.65. The summed E-state index contributed by atoms with van der Waals surface area (Å²) in [4.78, 5) is 23.6. The average molecular weight is 487 g/mol. The lowest BCUT2D eigenvalue weighted by Crippen LogP contribution is -2.50. The number of aryl methyl sites for hydroxylation is 1. The molecule has 0 radical (unpaired) electrons. The Hall–Kier alpha value is -2.36. The summed E-state index contributed by atoms with van der Waals surface area (Å²) < 4.78 is 11.4. The normalized spacial score (nSPS) is 9.96. The quantitative estimate of drug-likeness (QED) is 0.430. The molecular weight excluding hydrogens is 470 g/mol. The summed E-state index contributed by atoms with van der Waals surface area (Å²) in [7, 11) is 0. The molecule has 7 nitrogen and oxygen atoms in total. The third-order valence-electron chi connectivity index (χ3n) is 3.21. The van der Waals surface area contributed by atoms with Gasteiger partial charge in [0.1, 0.15) is 11.5 Å². The number of hydrogen-bond acceptors (Lipinski definition) is 5. The molecule has 2 rings (SSSR count). The fraction of sp³-hybridized carbons (Fsp3) is 0.167. The summed E-state index contributed by atoms with van der Waals surface area (Å²) in [5.41, 5.74) is 5.77. The summed E-state index contributed by atoms with van der Waals surface area (Å²) in [5.74, 6) is -0.0674. The van der Waals surface area contributed by atoms with Crippen LogP contribution in [0.3, 0.4) is 0 Å². The van der Waals surface area contributed by atoms with Gasteiger partial charge in [0, 0.05) is 0 Å². The Morgan fingerprint density at radius 2 is 1.71 bits per heavy atom. The zero-order chi connectivity index (χ0) is 20.5. The van der Waals surface area contributed by atoms with Gasteiger partial charge in [-0.1, -0.05) is 29.8 Å². The summed E-state index contributed by atoms with van der Waals surface area (Å²) in [6.45, 7) is 1.42. The number of hydrogen-bond donors (Lipinski definition) is 3. The minimum absolute atomic E-state index is 0.0809. The lowest BCUT2D eigenvalue weighted by Gasteiger charge is -2.12. The van der Waals surface area contributed by atoms with Crippen molar-refractivity contribution >= 4 is 56.7 Å². The number of halogens is 2. The van der Waals surface area contributed by atoms with Crippen LogP contribution in [0.5, 0.6) is 11.5 Å². The molecule has 10 heteroatoms. The lowest BCUT2D eigenvalue weighted by atomic mass is 10.2. The first kappa shape index (κ1) is 21.9. The Labute approximate surface area is 180 Å². The number of para-hydroxylation sites is 1. The number of carbonyl (C=O) groups is 2. The van der Waals surface area contributed by atoms with E-state index < -0.39 is 11.8 Å². The van der Waals surface area contributed by atoms with E-state index in [1.165, 1.54) is 0 Å². The maximum Gasteiger partial charge on any atom is 0.276 e. The van der Waals surface area contributed by atoms with Gasteiger partial charge in [0.05, 0.1) is 9.50 Å². The number of rotatable bonds is 6. The first-order valence-electron chi connectivity index (χ1n) is 8.00. The molecule has 3 N–H and O–H groups in total. The van der Waals surface area contributed by atoms with E-state index in [1.54, 1.807) is 30.3 Å². The molecule has 28 heavy (non-hydrogen) atoms. The van der Waals surface area contributed by atoms with E-state index >= 15 is 0 Å². The second-order valence-corrected chi connectivity index (χ2v) is 7.16. The standard InChI is InChI=1S/C18H17BrClN3O4S/c1-11-6-7-14(12(19)8-11)26-9-16(24)21-18(28)23-22-17(25)10-27-15-5-3-2-4-13(15)20/h2-8H,9-10H2,1H3,(H,22,25)(H2,21,23,24,28). The van der Waals surface area contributed by atoms with Crippen LogP contribution in [0.25, 0.3) is 0 Å². The maximum absolute atomic E-state index is 11.9. The Bertz CT molecular complexity index is 882. The van der Waals surface area contributed by atoms with Gasteiger partial charge in [-0.25, -0.2) is 0 Å². The Balaban J connectivity index is 1.67. The van der Waals surface area contributed by atoms with Crippen LogP contribution in [0.2, 0.25) is 5.02 Å². The zero-order valence-corrected chi connectivity index (χ0v) is 17.9. The molecule has 0 heterocycles. The summed E-state index contributed by atoms with van der Waals surface area (Å²) >= 11 is 14.2. The molecule has 2 amide bonds. The molecule has 148 valence electrons. The minimum Gasteiger partial charge on any atom is -0.483 e. The van der Waals surface area contributed by atoms with Gasteiger partial charge in [-0.2, -0.15) is 0 Å². The second kappa shape index (κ2) is 10.8. The molecule has 2 aromatic rings. The van der Waals surface area contributed by atoms with Crippen molar-refractivity contribution in [2.45, 2.75) is 6.92 Å². The lowest BCUT2D eigenvalue weighted by molar-refractivity contribution is -0.124. The molecule has 0 aliphatic rings. The van der Waals surface area contributed by atoms with Gasteiger partial charge in [-0.15, -0.1) is 0 Å². The van der Waals surface area contributed by atoms with E-state index in [-0.39, 0.29) is 18.3 Å². The topological polar surface area (TPSA) is 88.7 Å². The van der Waals surface area contributed by atoms with E-state index in [0.29, 0.717) is 16.5 Å². The van der Waals surface area contributed by atoms with E-state index in [0.717, 1.165) is 10.0 Å². The number of nitrogens with one attached hydrogen (secondary N) is 3. The third-order valence-corrected chi connectivity index (χ3v) is 4.35. The third kappa shape index (κ3) is 7.34. The molecule has 0 bridgehead atoms. The zero-order valence-electron chi connectivity index (χ0n) is 14.8. The van der Waals surface area contributed by atoms with Crippen LogP contribution in [-0.2, 0) is 9.59 Å². The van der Waals surface area contributed by atoms with E-state index in [9.17, 15) is 9.59 Å². The van der Waals surface area contributed by atoms with Crippen LogP contribution in [0, 0.1) is 6.92 Å². The molecule has 0 aliphatic carbocycles. The number of ether oxygens (including phenoxy) is 2. The van der Waals surface area contributed by atoms with Crippen molar-refractivity contribution in [3.05, 3.63) is 57.5 Å². The fourth-order valence-electron chi connectivity index (χ4n) is 1.93. The highest BCUT2D eigenvalue weighted by molar-refractivity contribution is 9.10. The maximum atomic E-state index is 11.9. The van der Waals surface area contributed by atoms with Gasteiger partial charge in [0.25, 0.3) is 11.8 Å². The van der Waals surface area contributed by atoms with Crippen molar-refractivity contribution in [1.82, 2.24) is 16.2 Å². The first-order valence-corrected chi connectivity index (χ1v) is 9.58. The summed E-state index contributed by atoms with van der Waals surface area (Å²) in [6, 6.07) is 12.3. The smallest absolute Gasteiger partial charge is 0.276 e. The molecule has 0 aliphatic heterocycles. The van der Waals surface area contributed by atoms with Crippen LogP contribution in [0.15, 0.2) is 46.9 Å². The van der Waals surface area contributed by atoms with Crippen molar-refractivity contribution in [3.63, 3.8) is 0 Å². The second-order valence-electron chi connectivity index (χ2n) is 5.49. The number of amides is 2. The molecule has 0 fully saturated rings. The molecule has 0 saturated carbocycles. The monoisotopic (exact) mass is 485 g/mol. The Kier molecular flexibility index (Phi) is 8.49. The predicted octanol–water partition coefficient (Wildman–Crippen LogP) is 2.89. The van der Waals surface area contributed by atoms with Gasteiger partial charge in [-0.05, 0) is 64.9 Å². The van der Waals surface area contributed by atoms with Crippen molar-refractivity contribution < 1.29 is 19.1 Å². The fourth-order valence-corrected chi connectivity index (χ4v) is 2.89. The molecule has 0 unspecified atom stereocenters. The van der Waals surface area contributed by atoms with Crippen molar-refractivity contribution in [1.29, 1.82) is 0 Å². The van der Waals surface area contributed by atoms with Crippen LogP contribution in [-0.4, -0.2) is 30.1 Å². The van der Waals surface area contributed by atoms with Crippen molar-refractivity contribution in [3.8, 4) is 11.5 Å². The number of thiocarbonyl (C=S) groups is 1. The van der Waals surface area contributed by atoms with Gasteiger partial charge in [0.2, 0.25) is 0 Å². The van der Waals surface area contributed by atoms with Gasteiger partial charge in [-0.3, -0.25) is 25.8 Å². The summed E-state index contributed by atoms with van der Waals surface area (Å²) in [6.07, 6.45) is 0. The molecular formula is C18H17BrClN3O4S. The highest BCUT2D eigenvalue weighted by Gasteiger charge is 2.09. The van der Waals surface area contributed by atoms with Crippen LogP contribution in [0.4, 0.5) is 0 Å². The molecule has 0 aromatic heterocycles. The van der Waals surface area contributed by atoms with Crippen LogP contribution >= 0.6 is 39.7 Å². The van der Waals surface area contributed by atoms with Gasteiger partial charge >= 0.3 is 0 Å². The Morgan fingerprint density at radius 3 is 2.43 bits per heavy atom. The number of hydrazine groups is 1. The summed E-state index contributed by atoms with van der Waals surface area (Å²) in [5, 5.41) is 2.70. The Morgan fingerprint density at radius 1 is 1.04 bits per heavy atom. The van der Waals surface area contributed by atoms with E-state index in [2.05, 4.69) is 32.1 Å². The molecule has 0 atom stereocenters. The van der Waals surface area contributed by atoms with Crippen LogP contribution < -0.4 is 25.6 Å². The van der Waals surface area contributed by atoms with Crippen LogP contribution in [0.1, 0.15) is 5.56 Å². The van der Waals surface area contributed by atoms with Gasteiger partial charge < -0.3 is 9.47 Å². The van der Waals surface area contributed by atoms with Crippen molar-refractivity contribution in [2.24, 2.45) is 0 Å². The highest BCUT2D eigenvalue weighted by atomic mass is 79.9. The predicted molar refractivity (Wildman–Crippen MR) is 113 cm³/mol. The molecule has 0 spiro atoms. The molecule has 0 saturated heterocycles. The first-order chi connectivity index (χ1) is 13.3. The van der Waals surface area contributed by atoms with E-state index in [4.69, 9.17) is 33.3 Å². The minimum atomic E-state index is -0.503. The van der Waals surface area contributed by atoms with E-state index in [1.807, 2.05) is 19.1 Å². The highest BCUT2D eigenvalue weighted by Crippen LogP contribution is 2.25. The SMILES string of the molecule is Cc1ccc(OCC(=O)NC(=S)NNC(=O)COc2ccccc2Cl)c(Br)c1.